The fourth-order valence-corrected chi connectivity index (χ4v) is 1.95. The van der Waals surface area contributed by atoms with Crippen molar-refractivity contribution in [3.05, 3.63) is 59.9 Å². The summed E-state index contributed by atoms with van der Waals surface area (Å²) in [7, 11) is 0. The molecule has 0 radical (unpaired) electrons. The molecule has 88 valence electrons. The number of aromatic carboxylic acids is 1. The standard InChI is InChI=1S/C14H15NO2/c1-11(12-6-3-2-4-7-12)10-15-9-5-8-13(15)14(16)17/h2-9,11H,10H2,1H3,(H,16,17)/t11-/m0/s1. The second-order valence-electron chi connectivity index (χ2n) is 4.16. The molecule has 0 aliphatic rings. The first-order valence-electron chi connectivity index (χ1n) is 5.62. The van der Waals surface area contributed by atoms with Gasteiger partial charge in [-0.15, -0.1) is 0 Å². The van der Waals surface area contributed by atoms with E-state index in [4.69, 9.17) is 5.11 Å². The molecule has 1 heterocycles. The van der Waals surface area contributed by atoms with Crippen LogP contribution in [0.3, 0.4) is 0 Å². The predicted octanol–water partition coefficient (Wildman–Crippen LogP) is 2.99. The first-order chi connectivity index (χ1) is 8.18. The smallest absolute Gasteiger partial charge is 0.352 e. The minimum atomic E-state index is -0.879. The predicted molar refractivity (Wildman–Crippen MR) is 66.2 cm³/mol. The van der Waals surface area contributed by atoms with Crippen LogP contribution in [0.4, 0.5) is 0 Å². The fraction of sp³-hybridized carbons (Fsp3) is 0.214. The second kappa shape index (κ2) is 4.87. The summed E-state index contributed by atoms with van der Waals surface area (Å²) in [6, 6.07) is 13.5. The van der Waals surface area contributed by atoms with Crippen molar-refractivity contribution >= 4 is 5.97 Å². The highest BCUT2D eigenvalue weighted by Crippen LogP contribution is 2.18. The van der Waals surface area contributed by atoms with Crippen LogP contribution in [-0.2, 0) is 6.54 Å². The lowest BCUT2D eigenvalue weighted by atomic mass is 10.0. The van der Waals surface area contributed by atoms with Crippen LogP contribution in [0.15, 0.2) is 48.7 Å². The maximum Gasteiger partial charge on any atom is 0.352 e. The topological polar surface area (TPSA) is 42.2 Å². The number of hydrogen-bond donors (Lipinski definition) is 1. The van der Waals surface area contributed by atoms with Crippen LogP contribution in [0.2, 0.25) is 0 Å². The van der Waals surface area contributed by atoms with Gasteiger partial charge in [0.05, 0.1) is 0 Å². The van der Waals surface area contributed by atoms with E-state index in [1.54, 1.807) is 16.7 Å². The molecule has 0 saturated carbocycles. The van der Waals surface area contributed by atoms with Gasteiger partial charge in [0.15, 0.2) is 0 Å². The molecule has 17 heavy (non-hydrogen) atoms. The molecule has 2 aromatic rings. The molecular weight excluding hydrogens is 214 g/mol. The van der Waals surface area contributed by atoms with Crippen molar-refractivity contribution in [2.24, 2.45) is 0 Å². The van der Waals surface area contributed by atoms with Crippen molar-refractivity contribution in [2.45, 2.75) is 19.4 Å². The largest absolute Gasteiger partial charge is 0.477 e. The lowest BCUT2D eigenvalue weighted by Gasteiger charge is -2.14. The van der Waals surface area contributed by atoms with E-state index >= 15 is 0 Å². The van der Waals surface area contributed by atoms with E-state index < -0.39 is 5.97 Å². The minimum Gasteiger partial charge on any atom is -0.477 e. The molecule has 1 aromatic carbocycles. The first kappa shape index (κ1) is 11.5. The van der Waals surface area contributed by atoms with Gasteiger partial charge in [0.25, 0.3) is 0 Å². The third kappa shape index (κ3) is 2.56. The Kier molecular flexibility index (Phi) is 3.28. The van der Waals surface area contributed by atoms with E-state index in [0.29, 0.717) is 18.2 Å². The summed E-state index contributed by atoms with van der Waals surface area (Å²) < 4.78 is 1.78. The molecule has 3 heteroatoms. The number of aromatic nitrogens is 1. The van der Waals surface area contributed by atoms with Crippen LogP contribution in [0.5, 0.6) is 0 Å². The number of rotatable bonds is 4. The third-order valence-electron chi connectivity index (χ3n) is 2.89. The summed E-state index contributed by atoms with van der Waals surface area (Å²) in [5.74, 6) is -0.586. The Morgan fingerprint density at radius 1 is 1.24 bits per heavy atom. The zero-order chi connectivity index (χ0) is 12.3. The van der Waals surface area contributed by atoms with Crippen LogP contribution in [0.1, 0.15) is 28.9 Å². The lowest BCUT2D eigenvalue weighted by Crippen LogP contribution is -2.11. The lowest BCUT2D eigenvalue weighted by molar-refractivity contribution is 0.0684. The molecular formula is C14H15NO2. The van der Waals surface area contributed by atoms with E-state index in [9.17, 15) is 4.79 Å². The molecule has 0 unspecified atom stereocenters. The first-order valence-corrected chi connectivity index (χ1v) is 5.62. The van der Waals surface area contributed by atoms with Crippen molar-refractivity contribution in [1.82, 2.24) is 4.57 Å². The molecule has 3 nitrogen and oxygen atoms in total. The Bertz CT molecular complexity index is 502. The number of carboxylic acid groups (broad SMARTS) is 1. The van der Waals surface area contributed by atoms with Gasteiger partial charge >= 0.3 is 5.97 Å². The van der Waals surface area contributed by atoms with Crippen LogP contribution in [-0.4, -0.2) is 15.6 Å². The van der Waals surface area contributed by atoms with E-state index in [0.717, 1.165) is 0 Å². The van der Waals surface area contributed by atoms with Crippen LogP contribution in [0, 0.1) is 0 Å². The maximum absolute atomic E-state index is 11.0. The summed E-state index contributed by atoms with van der Waals surface area (Å²) in [5.41, 5.74) is 1.56. The van der Waals surface area contributed by atoms with Crippen molar-refractivity contribution in [3.8, 4) is 0 Å². The zero-order valence-corrected chi connectivity index (χ0v) is 9.71. The van der Waals surface area contributed by atoms with E-state index in [2.05, 4.69) is 19.1 Å². The highest BCUT2D eigenvalue weighted by atomic mass is 16.4. The molecule has 0 amide bonds. The zero-order valence-electron chi connectivity index (χ0n) is 9.71. The van der Waals surface area contributed by atoms with Crippen molar-refractivity contribution < 1.29 is 9.90 Å². The molecule has 0 aliphatic heterocycles. The number of carbonyl (C=O) groups is 1. The quantitative estimate of drug-likeness (QED) is 0.875. The van der Waals surface area contributed by atoms with Gasteiger partial charge in [0.1, 0.15) is 5.69 Å². The highest BCUT2D eigenvalue weighted by molar-refractivity contribution is 5.85. The molecule has 1 atom stereocenters. The molecule has 0 spiro atoms. The molecule has 0 bridgehead atoms. The molecule has 2 rings (SSSR count). The van der Waals surface area contributed by atoms with E-state index in [1.807, 2.05) is 24.4 Å². The normalized spacial score (nSPS) is 12.3. The maximum atomic E-state index is 11.0. The molecule has 0 aliphatic carbocycles. The van der Waals surface area contributed by atoms with Gasteiger partial charge in [-0.2, -0.15) is 0 Å². The van der Waals surface area contributed by atoms with Gasteiger partial charge in [0.2, 0.25) is 0 Å². The van der Waals surface area contributed by atoms with Crippen molar-refractivity contribution in [2.75, 3.05) is 0 Å². The van der Waals surface area contributed by atoms with Gasteiger partial charge < -0.3 is 9.67 Å². The summed E-state index contributed by atoms with van der Waals surface area (Å²) in [6.45, 7) is 2.78. The van der Waals surface area contributed by atoms with Gasteiger partial charge in [-0.25, -0.2) is 4.79 Å². The van der Waals surface area contributed by atoms with Gasteiger partial charge in [-0.3, -0.25) is 0 Å². The van der Waals surface area contributed by atoms with E-state index in [-0.39, 0.29) is 0 Å². The van der Waals surface area contributed by atoms with Crippen molar-refractivity contribution in [3.63, 3.8) is 0 Å². The molecule has 0 saturated heterocycles. The van der Waals surface area contributed by atoms with Crippen LogP contribution >= 0.6 is 0 Å². The van der Waals surface area contributed by atoms with Gasteiger partial charge in [-0.1, -0.05) is 37.3 Å². The number of nitrogens with zero attached hydrogens (tertiary/aromatic N) is 1. The molecule has 0 fully saturated rings. The monoisotopic (exact) mass is 229 g/mol. The average Bonchev–Trinajstić information content (AvgIpc) is 2.78. The fourth-order valence-electron chi connectivity index (χ4n) is 1.95. The Balaban J connectivity index is 2.16. The highest BCUT2D eigenvalue weighted by Gasteiger charge is 2.12. The summed E-state index contributed by atoms with van der Waals surface area (Å²) in [4.78, 5) is 11.0. The number of hydrogen-bond acceptors (Lipinski definition) is 1. The number of benzene rings is 1. The van der Waals surface area contributed by atoms with Crippen molar-refractivity contribution in [1.29, 1.82) is 0 Å². The van der Waals surface area contributed by atoms with Crippen LogP contribution in [0.25, 0.3) is 0 Å². The Hall–Kier alpha value is -2.03. The SMILES string of the molecule is C[C@@H](Cn1cccc1C(=O)O)c1ccccc1. The minimum absolute atomic E-state index is 0.293. The number of carboxylic acids is 1. The molecule has 1 aromatic heterocycles. The Morgan fingerprint density at radius 2 is 1.94 bits per heavy atom. The summed E-state index contributed by atoms with van der Waals surface area (Å²) >= 11 is 0. The van der Waals surface area contributed by atoms with Gasteiger partial charge in [0, 0.05) is 12.7 Å². The summed E-state index contributed by atoms with van der Waals surface area (Å²) in [5, 5.41) is 9.02. The second-order valence-corrected chi connectivity index (χ2v) is 4.16. The van der Waals surface area contributed by atoms with Crippen LogP contribution < -0.4 is 0 Å². The third-order valence-corrected chi connectivity index (χ3v) is 2.89. The summed E-state index contributed by atoms with van der Waals surface area (Å²) in [6.07, 6.45) is 1.81. The Morgan fingerprint density at radius 3 is 2.59 bits per heavy atom. The van der Waals surface area contributed by atoms with Gasteiger partial charge in [-0.05, 0) is 23.6 Å². The molecule has 1 N–H and O–H groups in total. The van der Waals surface area contributed by atoms with E-state index in [1.165, 1.54) is 5.56 Å². The average molecular weight is 229 g/mol. The Labute approximate surface area is 100 Å².